The standard InChI is InChI=1S/C17H13F2N3O2/c18-12-4-5-15(19)16(8-12)21-17(23)10-24-14-3-1-2-13(9-14)22-7-6-20-11-22/h1-9,11H,10H2,(H,21,23). The number of aromatic nitrogens is 2. The number of carbonyl (C=O) groups is 1. The lowest BCUT2D eigenvalue weighted by molar-refractivity contribution is -0.118. The highest BCUT2D eigenvalue weighted by molar-refractivity contribution is 5.92. The van der Waals surface area contributed by atoms with Crippen LogP contribution in [0.5, 0.6) is 5.75 Å². The van der Waals surface area contributed by atoms with Gasteiger partial charge in [-0.25, -0.2) is 13.8 Å². The van der Waals surface area contributed by atoms with Gasteiger partial charge in [-0.15, -0.1) is 0 Å². The number of carbonyl (C=O) groups excluding carboxylic acids is 1. The van der Waals surface area contributed by atoms with Gasteiger partial charge in [0.1, 0.15) is 17.4 Å². The van der Waals surface area contributed by atoms with E-state index in [9.17, 15) is 13.6 Å². The number of hydrogen-bond donors (Lipinski definition) is 1. The Kier molecular flexibility index (Phi) is 4.51. The molecule has 0 fully saturated rings. The van der Waals surface area contributed by atoms with Crippen molar-refractivity contribution >= 4 is 11.6 Å². The maximum absolute atomic E-state index is 13.5. The van der Waals surface area contributed by atoms with Crippen LogP contribution in [-0.4, -0.2) is 22.1 Å². The van der Waals surface area contributed by atoms with Gasteiger partial charge in [-0.1, -0.05) is 6.07 Å². The van der Waals surface area contributed by atoms with Crippen LogP contribution in [0.1, 0.15) is 0 Å². The molecule has 122 valence electrons. The van der Waals surface area contributed by atoms with E-state index >= 15 is 0 Å². The lowest BCUT2D eigenvalue weighted by Gasteiger charge is -2.09. The number of benzene rings is 2. The van der Waals surface area contributed by atoms with Crippen LogP contribution in [-0.2, 0) is 4.79 Å². The average Bonchev–Trinajstić information content (AvgIpc) is 3.11. The summed E-state index contributed by atoms with van der Waals surface area (Å²) in [5, 5.41) is 2.27. The summed E-state index contributed by atoms with van der Waals surface area (Å²) in [6, 6.07) is 9.89. The number of anilines is 1. The number of halogens is 2. The summed E-state index contributed by atoms with van der Waals surface area (Å²) in [6.45, 7) is -0.330. The zero-order valence-corrected chi connectivity index (χ0v) is 12.4. The fourth-order valence-corrected chi connectivity index (χ4v) is 2.07. The maximum Gasteiger partial charge on any atom is 0.262 e. The topological polar surface area (TPSA) is 56.2 Å². The Hall–Kier alpha value is -3.22. The number of nitrogens with zero attached hydrogens (tertiary/aromatic N) is 2. The zero-order valence-electron chi connectivity index (χ0n) is 12.4. The molecule has 0 saturated heterocycles. The van der Waals surface area contributed by atoms with E-state index in [2.05, 4.69) is 10.3 Å². The van der Waals surface area contributed by atoms with Gasteiger partial charge in [-0.2, -0.15) is 0 Å². The largest absolute Gasteiger partial charge is 0.484 e. The van der Waals surface area contributed by atoms with Crippen LogP contribution in [0.4, 0.5) is 14.5 Å². The third kappa shape index (κ3) is 3.75. The first-order valence-electron chi connectivity index (χ1n) is 7.08. The molecular weight excluding hydrogens is 316 g/mol. The second kappa shape index (κ2) is 6.91. The molecule has 3 aromatic rings. The minimum Gasteiger partial charge on any atom is -0.484 e. The second-order valence-electron chi connectivity index (χ2n) is 4.93. The van der Waals surface area contributed by atoms with Crippen LogP contribution in [0.3, 0.4) is 0 Å². The van der Waals surface area contributed by atoms with Gasteiger partial charge in [-0.3, -0.25) is 4.79 Å². The zero-order chi connectivity index (χ0) is 16.9. The van der Waals surface area contributed by atoms with E-state index in [4.69, 9.17) is 4.74 Å². The van der Waals surface area contributed by atoms with Gasteiger partial charge in [0.25, 0.3) is 5.91 Å². The van der Waals surface area contributed by atoms with E-state index in [1.54, 1.807) is 41.5 Å². The molecule has 1 N–H and O–H groups in total. The van der Waals surface area contributed by atoms with E-state index in [1.165, 1.54) is 0 Å². The predicted octanol–water partition coefficient (Wildman–Crippen LogP) is 3.17. The SMILES string of the molecule is O=C(COc1cccc(-n2ccnc2)c1)Nc1cc(F)ccc1F. The van der Waals surface area contributed by atoms with Crippen molar-refractivity contribution in [2.75, 3.05) is 11.9 Å². The summed E-state index contributed by atoms with van der Waals surface area (Å²) in [5.74, 6) is -1.48. The Morgan fingerprint density at radius 1 is 1.21 bits per heavy atom. The summed E-state index contributed by atoms with van der Waals surface area (Å²) < 4.78 is 33.7. The first-order chi connectivity index (χ1) is 11.6. The average molecular weight is 329 g/mol. The Morgan fingerprint density at radius 2 is 2.08 bits per heavy atom. The number of ether oxygens (including phenoxy) is 1. The highest BCUT2D eigenvalue weighted by Crippen LogP contribution is 2.17. The highest BCUT2D eigenvalue weighted by atomic mass is 19.1. The molecule has 2 aromatic carbocycles. The third-order valence-corrected chi connectivity index (χ3v) is 3.19. The molecule has 24 heavy (non-hydrogen) atoms. The van der Waals surface area contributed by atoms with Gasteiger partial charge in [-0.05, 0) is 24.3 Å². The molecule has 1 aromatic heterocycles. The van der Waals surface area contributed by atoms with Crippen molar-refractivity contribution in [1.82, 2.24) is 9.55 Å². The van der Waals surface area contributed by atoms with Gasteiger partial charge >= 0.3 is 0 Å². The molecule has 7 heteroatoms. The first kappa shape index (κ1) is 15.7. The molecule has 3 rings (SSSR count). The molecule has 0 bridgehead atoms. The molecule has 0 spiro atoms. The van der Waals surface area contributed by atoms with Gasteiger partial charge in [0.15, 0.2) is 6.61 Å². The fourth-order valence-electron chi connectivity index (χ4n) is 2.07. The molecule has 0 radical (unpaired) electrons. The van der Waals surface area contributed by atoms with Crippen LogP contribution in [0.2, 0.25) is 0 Å². The Labute approximate surface area is 136 Å². The van der Waals surface area contributed by atoms with Crippen molar-refractivity contribution in [2.24, 2.45) is 0 Å². The summed E-state index contributed by atoms with van der Waals surface area (Å²) in [5.41, 5.74) is 0.595. The minimum atomic E-state index is -0.716. The quantitative estimate of drug-likeness (QED) is 0.782. The van der Waals surface area contributed by atoms with E-state index in [0.29, 0.717) is 5.75 Å². The van der Waals surface area contributed by atoms with Crippen molar-refractivity contribution in [3.63, 3.8) is 0 Å². The first-order valence-corrected chi connectivity index (χ1v) is 7.08. The summed E-state index contributed by atoms with van der Waals surface area (Å²) in [6.07, 6.45) is 5.06. The normalized spacial score (nSPS) is 10.4. The molecule has 0 aliphatic carbocycles. The smallest absolute Gasteiger partial charge is 0.262 e. The molecule has 0 atom stereocenters. The lowest BCUT2D eigenvalue weighted by atomic mass is 10.3. The fraction of sp³-hybridized carbons (Fsp3) is 0.0588. The van der Waals surface area contributed by atoms with E-state index < -0.39 is 17.5 Å². The van der Waals surface area contributed by atoms with E-state index in [1.807, 2.05) is 6.07 Å². The molecule has 1 amide bonds. The van der Waals surface area contributed by atoms with Crippen LogP contribution in [0.25, 0.3) is 5.69 Å². The molecule has 0 saturated carbocycles. The van der Waals surface area contributed by atoms with Crippen LogP contribution in [0.15, 0.2) is 61.2 Å². The molecule has 0 aliphatic rings. The monoisotopic (exact) mass is 329 g/mol. The number of hydrogen-bond acceptors (Lipinski definition) is 3. The van der Waals surface area contributed by atoms with E-state index in [-0.39, 0.29) is 12.3 Å². The van der Waals surface area contributed by atoms with Crippen LogP contribution >= 0.6 is 0 Å². The summed E-state index contributed by atoms with van der Waals surface area (Å²) in [7, 11) is 0. The van der Waals surface area contributed by atoms with Crippen molar-refractivity contribution < 1.29 is 18.3 Å². The number of rotatable bonds is 5. The second-order valence-corrected chi connectivity index (χ2v) is 4.93. The molecule has 5 nitrogen and oxygen atoms in total. The third-order valence-electron chi connectivity index (χ3n) is 3.19. The van der Waals surface area contributed by atoms with E-state index in [0.717, 1.165) is 23.9 Å². The number of nitrogens with one attached hydrogen (secondary N) is 1. The van der Waals surface area contributed by atoms with Crippen LogP contribution < -0.4 is 10.1 Å². The van der Waals surface area contributed by atoms with Crippen molar-refractivity contribution in [2.45, 2.75) is 0 Å². The lowest BCUT2D eigenvalue weighted by Crippen LogP contribution is -2.21. The summed E-state index contributed by atoms with van der Waals surface area (Å²) in [4.78, 5) is 15.8. The predicted molar refractivity (Wildman–Crippen MR) is 84.0 cm³/mol. The Bertz CT molecular complexity index is 851. The van der Waals surface area contributed by atoms with Gasteiger partial charge < -0.3 is 14.6 Å². The van der Waals surface area contributed by atoms with Gasteiger partial charge in [0.05, 0.1) is 17.7 Å². The van der Waals surface area contributed by atoms with Crippen molar-refractivity contribution in [3.05, 3.63) is 72.8 Å². The van der Waals surface area contributed by atoms with Crippen molar-refractivity contribution in [3.8, 4) is 11.4 Å². The number of imidazole rings is 1. The Balaban J connectivity index is 1.62. The minimum absolute atomic E-state index is 0.226. The maximum atomic E-state index is 13.5. The molecule has 1 heterocycles. The highest BCUT2D eigenvalue weighted by Gasteiger charge is 2.09. The number of amides is 1. The van der Waals surface area contributed by atoms with Gasteiger partial charge in [0.2, 0.25) is 0 Å². The summed E-state index contributed by atoms with van der Waals surface area (Å²) >= 11 is 0. The molecule has 0 aliphatic heterocycles. The molecular formula is C17H13F2N3O2. The van der Waals surface area contributed by atoms with Gasteiger partial charge in [0, 0.05) is 24.5 Å². The van der Waals surface area contributed by atoms with Crippen molar-refractivity contribution in [1.29, 1.82) is 0 Å². The molecule has 0 unspecified atom stereocenters. The Morgan fingerprint density at radius 3 is 2.88 bits per heavy atom. The van der Waals surface area contributed by atoms with Crippen LogP contribution in [0, 0.1) is 11.6 Å².